The van der Waals surface area contributed by atoms with Gasteiger partial charge in [-0.15, -0.1) is 0 Å². The monoisotopic (exact) mass is 354 g/mol. The van der Waals surface area contributed by atoms with Crippen molar-refractivity contribution < 1.29 is 19.5 Å². The first kappa shape index (κ1) is 19.2. The van der Waals surface area contributed by atoms with Crippen LogP contribution in [0, 0.1) is 0 Å². The second-order valence-electron chi connectivity index (χ2n) is 6.05. The zero-order valence-electron chi connectivity index (χ0n) is 14.8. The van der Waals surface area contributed by atoms with Crippen LogP contribution in [-0.2, 0) is 16.0 Å². The van der Waals surface area contributed by atoms with Crippen molar-refractivity contribution in [2.75, 3.05) is 7.05 Å². The third-order valence-electron chi connectivity index (χ3n) is 4.21. The van der Waals surface area contributed by atoms with Crippen LogP contribution in [0.25, 0.3) is 0 Å². The number of likely N-dealkylation sites (N-methyl/N-ethyl adjacent to an activating group) is 1. The molecule has 2 amide bonds. The van der Waals surface area contributed by atoms with Crippen molar-refractivity contribution in [2.45, 2.75) is 25.4 Å². The molecule has 6 heteroatoms. The number of carbonyl (C=O) groups is 3. The lowest BCUT2D eigenvalue weighted by atomic mass is 10.0. The van der Waals surface area contributed by atoms with E-state index in [1.165, 1.54) is 14.0 Å². The maximum atomic E-state index is 12.8. The molecule has 0 spiro atoms. The van der Waals surface area contributed by atoms with Gasteiger partial charge in [-0.25, -0.2) is 4.79 Å². The van der Waals surface area contributed by atoms with E-state index in [9.17, 15) is 14.4 Å². The number of carboxylic acid groups (broad SMARTS) is 1. The third-order valence-corrected chi connectivity index (χ3v) is 4.21. The zero-order valence-corrected chi connectivity index (χ0v) is 14.8. The molecule has 2 rings (SSSR count). The molecule has 0 aromatic heterocycles. The Balaban J connectivity index is 2.22. The Morgan fingerprint density at radius 1 is 1.00 bits per heavy atom. The highest BCUT2D eigenvalue weighted by atomic mass is 16.4. The zero-order chi connectivity index (χ0) is 19.1. The Morgan fingerprint density at radius 3 is 2.08 bits per heavy atom. The van der Waals surface area contributed by atoms with Crippen LogP contribution in [0.4, 0.5) is 0 Å². The summed E-state index contributed by atoms with van der Waals surface area (Å²) in [5.41, 5.74) is 1.31. The Bertz CT molecular complexity index is 762. The molecule has 0 fully saturated rings. The van der Waals surface area contributed by atoms with E-state index in [1.807, 2.05) is 30.3 Å². The summed E-state index contributed by atoms with van der Waals surface area (Å²) in [6, 6.07) is 16.0. The number of nitrogens with zero attached hydrogens (tertiary/aromatic N) is 1. The number of nitrogens with one attached hydrogen (secondary N) is 1. The van der Waals surface area contributed by atoms with Crippen LogP contribution in [0.1, 0.15) is 22.8 Å². The second-order valence-corrected chi connectivity index (χ2v) is 6.05. The SMILES string of the molecule is CC(C(=O)O)N(C)C(=O)C(Cc1ccccc1)NC(=O)c1ccccc1. The summed E-state index contributed by atoms with van der Waals surface area (Å²) in [4.78, 5) is 37.6. The molecule has 0 saturated heterocycles. The van der Waals surface area contributed by atoms with Crippen LogP contribution in [0.15, 0.2) is 60.7 Å². The summed E-state index contributed by atoms with van der Waals surface area (Å²) in [6.07, 6.45) is 0.273. The molecule has 0 bridgehead atoms. The predicted molar refractivity (Wildman–Crippen MR) is 97.7 cm³/mol. The fourth-order valence-electron chi connectivity index (χ4n) is 2.48. The third kappa shape index (κ3) is 4.92. The first-order valence-electron chi connectivity index (χ1n) is 8.29. The first-order valence-corrected chi connectivity index (χ1v) is 8.29. The molecule has 2 aromatic rings. The van der Waals surface area contributed by atoms with E-state index >= 15 is 0 Å². The highest BCUT2D eigenvalue weighted by Crippen LogP contribution is 2.09. The van der Waals surface area contributed by atoms with Crippen LogP contribution < -0.4 is 5.32 Å². The van der Waals surface area contributed by atoms with Crippen molar-refractivity contribution in [2.24, 2.45) is 0 Å². The minimum Gasteiger partial charge on any atom is -0.480 e. The summed E-state index contributed by atoms with van der Waals surface area (Å²) in [6.45, 7) is 1.43. The van der Waals surface area contributed by atoms with Gasteiger partial charge in [-0.1, -0.05) is 48.5 Å². The van der Waals surface area contributed by atoms with Gasteiger partial charge in [0, 0.05) is 19.0 Å². The van der Waals surface area contributed by atoms with Gasteiger partial charge in [0.25, 0.3) is 5.91 Å². The number of amides is 2. The maximum Gasteiger partial charge on any atom is 0.326 e. The quantitative estimate of drug-likeness (QED) is 0.796. The largest absolute Gasteiger partial charge is 0.480 e. The van der Waals surface area contributed by atoms with Gasteiger partial charge in [-0.3, -0.25) is 9.59 Å². The lowest BCUT2D eigenvalue weighted by Gasteiger charge is -2.27. The fraction of sp³-hybridized carbons (Fsp3) is 0.250. The molecule has 2 unspecified atom stereocenters. The van der Waals surface area contributed by atoms with Gasteiger partial charge in [-0.05, 0) is 24.6 Å². The number of carboxylic acids is 1. The van der Waals surface area contributed by atoms with Gasteiger partial charge < -0.3 is 15.3 Å². The minimum atomic E-state index is -1.10. The van der Waals surface area contributed by atoms with Crippen LogP contribution >= 0.6 is 0 Å². The summed E-state index contributed by atoms with van der Waals surface area (Å²) in [5, 5.41) is 11.9. The van der Waals surface area contributed by atoms with Gasteiger partial charge >= 0.3 is 5.97 Å². The predicted octanol–water partition coefficient (Wildman–Crippen LogP) is 1.96. The van der Waals surface area contributed by atoms with E-state index in [4.69, 9.17) is 5.11 Å². The Labute approximate surface area is 152 Å². The van der Waals surface area contributed by atoms with E-state index in [-0.39, 0.29) is 12.3 Å². The molecule has 2 aromatic carbocycles. The topological polar surface area (TPSA) is 86.7 Å². The molecule has 0 heterocycles. The molecule has 0 aliphatic heterocycles. The summed E-state index contributed by atoms with van der Waals surface area (Å²) in [7, 11) is 1.42. The van der Waals surface area contributed by atoms with Crippen LogP contribution in [0.3, 0.4) is 0 Å². The Hall–Kier alpha value is -3.15. The van der Waals surface area contributed by atoms with Crippen LogP contribution in [-0.4, -0.2) is 46.9 Å². The summed E-state index contributed by atoms with van der Waals surface area (Å²) < 4.78 is 0. The molecule has 6 nitrogen and oxygen atoms in total. The highest BCUT2D eigenvalue weighted by Gasteiger charge is 2.29. The number of hydrogen-bond donors (Lipinski definition) is 2. The standard InChI is InChI=1S/C20H22N2O4/c1-14(20(25)26)22(2)19(24)17(13-15-9-5-3-6-10-15)21-18(23)16-11-7-4-8-12-16/h3-12,14,17H,13H2,1-2H3,(H,21,23)(H,25,26). The van der Waals surface area contributed by atoms with Crippen molar-refractivity contribution in [3.05, 3.63) is 71.8 Å². The summed E-state index contributed by atoms with van der Waals surface area (Å²) >= 11 is 0. The molecular weight excluding hydrogens is 332 g/mol. The highest BCUT2D eigenvalue weighted by molar-refractivity contribution is 5.98. The number of benzene rings is 2. The maximum absolute atomic E-state index is 12.8. The molecular formula is C20H22N2O4. The van der Waals surface area contributed by atoms with E-state index in [0.29, 0.717) is 5.56 Å². The number of rotatable bonds is 7. The van der Waals surface area contributed by atoms with Crippen LogP contribution in [0.5, 0.6) is 0 Å². The van der Waals surface area contributed by atoms with Gasteiger partial charge in [0.05, 0.1) is 0 Å². The van der Waals surface area contributed by atoms with Gasteiger partial charge in [0.2, 0.25) is 5.91 Å². The van der Waals surface area contributed by atoms with Crippen molar-refractivity contribution in [3.63, 3.8) is 0 Å². The average molecular weight is 354 g/mol. The fourth-order valence-corrected chi connectivity index (χ4v) is 2.48. The Morgan fingerprint density at radius 2 is 1.54 bits per heavy atom. The normalized spacial score (nSPS) is 12.7. The smallest absolute Gasteiger partial charge is 0.326 e. The van der Waals surface area contributed by atoms with Crippen molar-refractivity contribution in [1.82, 2.24) is 10.2 Å². The molecule has 26 heavy (non-hydrogen) atoms. The molecule has 2 atom stereocenters. The van der Waals surface area contributed by atoms with E-state index < -0.39 is 24.0 Å². The first-order chi connectivity index (χ1) is 12.4. The van der Waals surface area contributed by atoms with Crippen molar-refractivity contribution in [1.29, 1.82) is 0 Å². The van der Waals surface area contributed by atoms with E-state index in [2.05, 4.69) is 5.32 Å². The average Bonchev–Trinajstić information content (AvgIpc) is 2.67. The number of hydrogen-bond acceptors (Lipinski definition) is 3. The molecule has 0 saturated carbocycles. The molecule has 136 valence electrons. The van der Waals surface area contributed by atoms with Gasteiger partial charge in [0.15, 0.2) is 0 Å². The van der Waals surface area contributed by atoms with Crippen molar-refractivity contribution >= 4 is 17.8 Å². The lowest BCUT2D eigenvalue weighted by Crippen LogP contribution is -2.52. The Kier molecular flexibility index (Phi) is 6.49. The second kappa shape index (κ2) is 8.80. The van der Waals surface area contributed by atoms with Crippen LogP contribution in [0.2, 0.25) is 0 Å². The minimum absolute atomic E-state index is 0.273. The number of carbonyl (C=O) groups excluding carboxylic acids is 2. The molecule has 0 aliphatic rings. The molecule has 0 radical (unpaired) electrons. The van der Waals surface area contributed by atoms with E-state index in [0.717, 1.165) is 10.5 Å². The number of aliphatic carboxylic acids is 1. The van der Waals surface area contributed by atoms with Gasteiger partial charge in [-0.2, -0.15) is 0 Å². The van der Waals surface area contributed by atoms with Crippen molar-refractivity contribution in [3.8, 4) is 0 Å². The lowest BCUT2D eigenvalue weighted by molar-refractivity contribution is -0.148. The van der Waals surface area contributed by atoms with E-state index in [1.54, 1.807) is 30.3 Å². The van der Waals surface area contributed by atoms with Gasteiger partial charge in [0.1, 0.15) is 12.1 Å². The summed E-state index contributed by atoms with van der Waals surface area (Å²) in [5.74, 6) is -1.93. The molecule has 0 aliphatic carbocycles. The molecule has 2 N–H and O–H groups in total.